The molecule has 0 saturated heterocycles. The van der Waals surface area contributed by atoms with Crippen LogP contribution in [0.1, 0.15) is 30.9 Å². The van der Waals surface area contributed by atoms with Crippen molar-refractivity contribution in [3.63, 3.8) is 0 Å². The van der Waals surface area contributed by atoms with E-state index in [0.717, 1.165) is 17.9 Å². The van der Waals surface area contributed by atoms with Gasteiger partial charge in [0.1, 0.15) is 0 Å². The summed E-state index contributed by atoms with van der Waals surface area (Å²) in [6.45, 7) is 2.12. The molecule has 2 N–H and O–H groups in total. The first-order chi connectivity index (χ1) is 11.5. The van der Waals surface area contributed by atoms with E-state index < -0.39 is 5.97 Å². The monoisotopic (exact) mass is 345 g/mol. The highest BCUT2D eigenvalue weighted by atomic mass is 35.5. The first-order valence-electron chi connectivity index (χ1n) is 8.29. The zero-order chi connectivity index (χ0) is 17.4. The Hall–Kier alpha value is -1.84. The van der Waals surface area contributed by atoms with Crippen LogP contribution in [-0.2, 0) is 17.6 Å². The number of halogens is 1. The maximum absolute atomic E-state index is 10.9. The van der Waals surface area contributed by atoms with Crippen molar-refractivity contribution in [2.24, 2.45) is 0 Å². The molecule has 0 amide bonds. The fraction of sp³-hybridized carbons (Fsp3) is 0.350. The van der Waals surface area contributed by atoms with Gasteiger partial charge in [-0.15, -0.1) is 0 Å². The number of carboxylic acid groups (broad SMARTS) is 1. The third-order valence-corrected chi connectivity index (χ3v) is 4.22. The number of hydrogen-bond donors (Lipinski definition) is 2. The van der Waals surface area contributed by atoms with Crippen LogP contribution in [0.5, 0.6) is 0 Å². The zero-order valence-corrected chi connectivity index (χ0v) is 14.7. The minimum absolute atomic E-state index is 0.137. The molecule has 2 rings (SSSR count). The molecule has 3 nitrogen and oxygen atoms in total. The maximum atomic E-state index is 10.9. The molecule has 0 aliphatic heterocycles. The standard InChI is InChI=1S/C20H24ClNO2/c1-15(12-17-8-5-9-18(21)13-17)22-19(10-11-20(23)24)14-16-6-3-2-4-7-16/h2-9,13,15,19,22H,10-12,14H2,1H3,(H,23,24). The summed E-state index contributed by atoms with van der Waals surface area (Å²) in [5.74, 6) is -0.752. The molecule has 4 heteroatoms. The van der Waals surface area contributed by atoms with Crippen LogP contribution in [-0.4, -0.2) is 23.2 Å². The quantitative estimate of drug-likeness (QED) is 0.711. The van der Waals surface area contributed by atoms with Gasteiger partial charge in [0.05, 0.1) is 0 Å². The van der Waals surface area contributed by atoms with E-state index in [2.05, 4.69) is 30.4 Å². The summed E-state index contributed by atoms with van der Waals surface area (Å²) < 4.78 is 0. The second-order valence-electron chi connectivity index (χ2n) is 6.22. The minimum atomic E-state index is -0.752. The van der Waals surface area contributed by atoms with Crippen molar-refractivity contribution in [3.05, 3.63) is 70.7 Å². The maximum Gasteiger partial charge on any atom is 0.303 e. The molecule has 128 valence electrons. The number of hydrogen-bond acceptors (Lipinski definition) is 2. The topological polar surface area (TPSA) is 49.3 Å². The molecule has 0 spiro atoms. The van der Waals surface area contributed by atoms with E-state index in [4.69, 9.17) is 16.7 Å². The number of carboxylic acids is 1. The van der Waals surface area contributed by atoms with Gasteiger partial charge in [0.2, 0.25) is 0 Å². The van der Waals surface area contributed by atoms with E-state index in [-0.39, 0.29) is 18.5 Å². The van der Waals surface area contributed by atoms with Crippen molar-refractivity contribution < 1.29 is 9.90 Å². The van der Waals surface area contributed by atoms with Gasteiger partial charge in [-0.25, -0.2) is 0 Å². The lowest BCUT2D eigenvalue weighted by Crippen LogP contribution is -2.39. The van der Waals surface area contributed by atoms with Gasteiger partial charge < -0.3 is 10.4 Å². The average molecular weight is 346 g/mol. The Morgan fingerprint density at radius 1 is 1.08 bits per heavy atom. The smallest absolute Gasteiger partial charge is 0.303 e. The van der Waals surface area contributed by atoms with Crippen LogP contribution >= 0.6 is 11.6 Å². The van der Waals surface area contributed by atoms with Crippen LogP contribution in [0.15, 0.2) is 54.6 Å². The van der Waals surface area contributed by atoms with E-state index in [1.807, 2.05) is 36.4 Å². The first kappa shape index (κ1) is 18.5. The summed E-state index contributed by atoms with van der Waals surface area (Å²) in [5, 5.41) is 13.3. The first-order valence-corrected chi connectivity index (χ1v) is 8.67. The Labute approximate surface area is 148 Å². The van der Waals surface area contributed by atoms with Gasteiger partial charge in [0, 0.05) is 23.5 Å². The Morgan fingerprint density at radius 3 is 2.46 bits per heavy atom. The molecule has 0 bridgehead atoms. The van der Waals surface area contributed by atoms with Crippen molar-refractivity contribution in [1.29, 1.82) is 0 Å². The van der Waals surface area contributed by atoms with E-state index in [1.54, 1.807) is 0 Å². The number of aliphatic carboxylic acids is 1. The van der Waals surface area contributed by atoms with Crippen LogP contribution in [0.2, 0.25) is 5.02 Å². The number of carbonyl (C=O) groups is 1. The molecule has 24 heavy (non-hydrogen) atoms. The summed E-state index contributed by atoms with van der Waals surface area (Å²) in [6, 6.07) is 18.4. The molecule has 2 atom stereocenters. The Kier molecular flexibility index (Phi) is 7.29. The van der Waals surface area contributed by atoms with Gasteiger partial charge in [-0.1, -0.05) is 54.1 Å². The lowest BCUT2D eigenvalue weighted by atomic mass is 9.99. The largest absolute Gasteiger partial charge is 0.481 e. The van der Waals surface area contributed by atoms with Gasteiger partial charge in [0.15, 0.2) is 0 Å². The zero-order valence-electron chi connectivity index (χ0n) is 13.9. The van der Waals surface area contributed by atoms with Gasteiger partial charge in [0.25, 0.3) is 0 Å². The Morgan fingerprint density at radius 2 is 1.79 bits per heavy atom. The van der Waals surface area contributed by atoms with E-state index >= 15 is 0 Å². The fourth-order valence-corrected chi connectivity index (χ4v) is 3.13. The van der Waals surface area contributed by atoms with Crippen molar-refractivity contribution in [2.45, 2.75) is 44.7 Å². The molecular weight excluding hydrogens is 322 g/mol. The van der Waals surface area contributed by atoms with Crippen LogP contribution in [0, 0.1) is 0 Å². The van der Waals surface area contributed by atoms with Crippen LogP contribution in [0.4, 0.5) is 0 Å². The SMILES string of the molecule is CC(Cc1cccc(Cl)c1)NC(CCC(=O)O)Cc1ccccc1. The molecule has 2 unspecified atom stereocenters. The number of rotatable bonds is 9. The fourth-order valence-electron chi connectivity index (χ4n) is 2.92. The number of nitrogens with one attached hydrogen (secondary N) is 1. The molecule has 2 aromatic rings. The summed E-state index contributed by atoms with van der Waals surface area (Å²) in [4.78, 5) is 10.9. The average Bonchev–Trinajstić information content (AvgIpc) is 2.53. The highest BCUT2D eigenvalue weighted by Gasteiger charge is 2.15. The highest BCUT2D eigenvalue weighted by Crippen LogP contribution is 2.14. The summed E-state index contributed by atoms with van der Waals surface area (Å²) >= 11 is 6.04. The van der Waals surface area contributed by atoms with Crippen LogP contribution in [0.3, 0.4) is 0 Å². The second-order valence-corrected chi connectivity index (χ2v) is 6.66. The van der Waals surface area contributed by atoms with Gasteiger partial charge in [-0.05, 0) is 49.4 Å². The second kappa shape index (κ2) is 9.45. The van der Waals surface area contributed by atoms with E-state index in [1.165, 1.54) is 11.1 Å². The van der Waals surface area contributed by atoms with Gasteiger partial charge in [-0.2, -0.15) is 0 Å². The van der Waals surface area contributed by atoms with Crippen molar-refractivity contribution >= 4 is 17.6 Å². The van der Waals surface area contributed by atoms with Crippen LogP contribution in [0.25, 0.3) is 0 Å². The molecule has 0 heterocycles. The van der Waals surface area contributed by atoms with Crippen molar-refractivity contribution in [1.82, 2.24) is 5.32 Å². The van der Waals surface area contributed by atoms with Gasteiger partial charge >= 0.3 is 5.97 Å². The highest BCUT2D eigenvalue weighted by molar-refractivity contribution is 6.30. The van der Waals surface area contributed by atoms with E-state index in [0.29, 0.717) is 6.42 Å². The summed E-state index contributed by atoms with van der Waals surface area (Å²) in [6.07, 6.45) is 2.48. The predicted octanol–water partition coefficient (Wildman–Crippen LogP) is 4.34. The Bertz CT molecular complexity index is 645. The molecule has 0 aromatic heterocycles. The van der Waals surface area contributed by atoms with Crippen molar-refractivity contribution in [2.75, 3.05) is 0 Å². The number of benzene rings is 2. The molecular formula is C20H24ClNO2. The minimum Gasteiger partial charge on any atom is -0.481 e. The molecule has 0 aliphatic carbocycles. The molecule has 2 aromatic carbocycles. The third kappa shape index (κ3) is 6.73. The van der Waals surface area contributed by atoms with Crippen LogP contribution < -0.4 is 5.32 Å². The lowest BCUT2D eigenvalue weighted by Gasteiger charge is -2.23. The third-order valence-electron chi connectivity index (χ3n) is 3.98. The molecule has 0 fully saturated rings. The van der Waals surface area contributed by atoms with Crippen molar-refractivity contribution in [3.8, 4) is 0 Å². The summed E-state index contributed by atoms with van der Waals surface area (Å²) in [5.41, 5.74) is 2.40. The van der Waals surface area contributed by atoms with E-state index in [9.17, 15) is 4.79 Å². The summed E-state index contributed by atoms with van der Waals surface area (Å²) in [7, 11) is 0. The Balaban J connectivity index is 1.96. The molecule has 0 aliphatic rings. The van der Waals surface area contributed by atoms with Gasteiger partial charge in [-0.3, -0.25) is 4.79 Å². The normalized spacial score (nSPS) is 13.4. The molecule has 0 saturated carbocycles. The lowest BCUT2D eigenvalue weighted by molar-refractivity contribution is -0.137. The predicted molar refractivity (Wildman–Crippen MR) is 98.6 cm³/mol. The molecule has 0 radical (unpaired) electrons.